The molecule has 0 unspecified atom stereocenters. The van der Waals surface area contributed by atoms with Crippen molar-refractivity contribution in [3.05, 3.63) is 82.9 Å². The fraction of sp³-hybridized carbons (Fsp3) is 0.269. The number of fused-ring (bicyclic) bond motifs is 2. The number of carbonyl (C=O) groups excluding carboxylic acids is 1. The molecule has 1 amide bonds. The van der Waals surface area contributed by atoms with Crippen molar-refractivity contribution in [3.63, 3.8) is 0 Å². The molecular formula is C26H22F4N4O6S. The van der Waals surface area contributed by atoms with E-state index in [1.165, 1.54) is 61.7 Å². The lowest BCUT2D eigenvalue weighted by molar-refractivity contribution is -0.287. The molecule has 216 valence electrons. The number of imidazole rings is 1. The van der Waals surface area contributed by atoms with Gasteiger partial charge in [-0.15, -0.1) is 8.78 Å². The Bertz CT molecular complexity index is 1690. The highest BCUT2D eigenvalue weighted by Gasteiger charge is 2.44. The van der Waals surface area contributed by atoms with Gasteiger partial charge in [0.15, 0.2) is 17.3 Å². The average molecular weight is 595 g/mol. The van der Waals surface area contributed by atoms with E-state index >= 15 is 0 Å². The number of hydrogen-bond donors (Lipinski definition) is 3. The van der Waals surface area contributed by atoms with Gasteiger partial charge in [0.2, 0.25) is 0 Å². The number of hydrogen-bond acceptors (Lipinski definition) is 8. The van der Waals surface area contributed by atoms with Crippen LogP contribution in [0, 0.1) is 0 Å². The molecule has 5 rings (SSSR count). The van der Waals surface area contributed by atoms with Gasteiger partial charge in [-0.25, -0.2) is 22.2 Å². The second kappa shape index (κ2) is 11.0. The van der Waals surface area contributed by atoms with Gasteiger partial charge >= 0.3 is 6.29 Å². The van der Waals surface area contributed by atoms with Crippen LogP contribution in [-0.2, 0) is 17.2 Å². The summed E-state index contributed by atoms with van der Waals surface area (Å²) in [6, 6.07) is 10.2. The maximum atomic E-state index is 13.9. The molecule has 41 heavy (non-hydrogen) atoms. The Hall–Kier alpha value is -4.24. The lowest BCUT2D eigenvalue weighted by Crippen LogP contribution is -2.31. The normalized spacial score (nSPS) is 15.4. The van der Waals surface area contributed by atoms with Gasteiger partial charge in [-0.1, -0.05) is 18.2 Å². The maximum absolute atomic E-state index is 13.9. The van der Waals surface area contributed by atoms with E-state index in [1.807, 2.05) is 0 Å². The van der Waals surface area contributed by atoms with Crippen molar-refractivity contribution in [2.75, 3.05) is 6.61 Å². The van der Waals surface area contributed by atoms with Crippen LogP contribution >= 0.6 is 0 Å². The minimum atomic E-state index is -3.89. The van der Waals surface area contributed by atoms with Gasteiger partial charge in [-0.2, -0.15) is 0 Å². The quantitative estimate of drug-likeness (QED) is 0.197. The van der Waals surface area contributed by atoms with Crippen molar-refractivity contribution >= 4 is 27.6 Å². The summed E-state index contributed by atoms with van der Waals surface area (Å²) in [7, 11) is -2.71. The second-order valence-corrected chi connectivity index (χ2v) is 10.5. The number of ether oxygens (including phenoxy) is 2. The Balaban J connectivity index is 1.40. The van der Waals surface area contributed by atoms with Gasteiger partial charge in [0.05, 0.1) is 41.2 Å². The van der Waals surface area contributed by atoms with E-state index in [4.69, 9.17) is 0 Å². The minimum absolute atomic E-state index is 0.0479. The van der Waals surface area contributed by atoms with Crippen LogP contribution in [0.5, 0.6) is 11.5 Å². The third kappa shape index (κ3) is 5.67. The molecule has 10 nitrogen and oxygen atoms in total. The number of halogens is 4. The summed E-state index contributed by atoms with van der Waals surface area (Å²) in [6.07, 6.45) is -5.57. The summed E-state index contributed by atoms with van der Waals surface area (Å²) in [5, 5.41) is 11.7. The van der Waals surface area contributed by atoms with E-state index in [1.54, 1.807) is 0 Å². The van der Waals surface area contributed by atoms with E-state index in [2.05, 4.69) is 24.8 Å². The maximum Gasteiger partial charge on any atom is 0.586 e. The zero-order chi connectivity index (χ0) is 29.5. The van der Waals surface area contributed by atoms with Crippen LogP contribution in [0.25, 0.3) is 11.0 Å². The summed E-state index contributed by atoms with van der Waals surface area (Å²) in [5.74, 6) is -1.81. The van der Waals surface area contributed by atoms with Crippen molar-refractivity contribution in [2.45, 2.75) is 37.5 Å². The first-order valence-corrected chi connectivity index (χ1v) is 13.4. The predicted molar refractivity (Wildman–Crippen MR) is 137 cm³/mol. The number of alkyl halides is 4. The zero-order valence-electron chi connectivity index (χ0n) is 21.1. The molecular weight excluding hydrogens is 572 g/mol. The first-order valence-electron chi connectivity index (χ1n) is 12.1. The Morgan fingerprint density at radius 1 is 1.15 bits per heavy atom. The van der Waals surface area contributed by atoms with E-state index in [9.17, 15) is 35.9 Å². The Kier molecular flexibility index (Phi) is 7.57. The smallest absolute Gasteiger partial charge is 0.395 e. The molecule has 4 aromatic rings. The Labute approximate surface area is 231 Å². The van der Waals surface area contributed by atoms with Gasteiger partial charge in [-0.3, -0.25) is 9.78 Å². The van der Waals surface area contributed by atoms with Gasteiger partial charge in [0, 0.05) is 17.3 Å². The number of aromatic nitrogens is 3. The van der Waals surface area contributed by atoms with E-state index in [0.29, 0.717) is 5.56 Å². The summed E-state index contributed by atoms with van der Waals surface area (Å²) < 4.78 is 87.7. The highest BCUT2D eigenvalue weighted by molar-refractivity contribution is 7.72. The largest absolute Gasteiger partial charge is 0.586 e. The average Bonchev–Trinajstić information content (AvgIpc) is 3.47. The predicted octanol–water partition coefficient (Wildman–Crippen LogP) is 3.87. The van der Waals surface area contributed by atoms with Crippen molar-refractivity contribution in [1.29, 1.82) is 0 Å². The lowest BCUT2D eigenvalue weighted by atomic mass is 10.1. The number of amides is 1. The fourth-order valence-corrected chi connectivity index (χ4v) is 4.78. The molecule has 1 aliphatic heterocycles. The molecule has 0 spiro atoms. The summed E-state index contributed by atoms with van der Waals surface area (Å²) in [4.78, 5) is 21.1. The van der Waals surface area contributed by atoms with Crippen LogP contribution in [0.4, 0.5) is 17.6 Å². The topological polar surface area (TPSA) is 133 Å². The number of aliphatic hydroxyl groups excluding tert-OH is 1. The minimum Gasteiger partial charge on any atom is -0.395 e. The molecule has 15 heteroatoms. The molecule has 0 fully saturated rings. The van der Waals surface area contributed by atoms with Crippen LogP contribution in [0.2, 0.25) is 0 Å². The van der Waals surface area contributed by atoms with Crippen LogP contribution in [0.15, 0.2) is 54.7 Å². The summed E-state index contributed by atoms with van der Waals surface area (Å²) in [5.41, 5.74) is 1.18. The van der Waals surface area contributed by atoms with E-state index in [-0.39, 0.29) is 45.9 Å². The summed E-state index contributed by atoms with van der Waals surface area (Å²) in [6.45, 7) is 0.678. The Morgan fingerprint density at radius 3 is 2.59 bits per heavy atom. The molecule has 1 aliphatic rings. The molecule has 0 aliphatic carbocycles. The first kappa shape index (κ1) is 28.3. The number of aliphatic hydroxyl groups is 1. The number of nitrogens with zero attached hydrogens (tertiary/aromatic N) is 3. The number of thiol groups is 1. The zero-order valence-corrected chi connectivity index (χ0v) is 22.0. The highest BCUT2D eigenvalue weighted by atomic mass is 32.2. The van der Waals surface area contributed by atoms with Crippen molar-refractivity contribution in [2.24, 2.45) is 0 Å². The first-order chi connectivity index (χ1) is 19.5. The van der Waals surface area contributed by atoms with Gasteiger partial charge in [-0.05, 0) is 42.8 Å². The van der Waals surface area contributed by atoms with Gasteiger partial charge < -0.3 is 24.5 Å². The molecule has 2 N–H and O–H groups in total. The van der Waals surface area contributed by atoms with Gasteiger partial charge in [0.25, 0.3) is 12.3 Å². The van der Waals surface area contributed by atoms with Crippen molar-refractivity contribution in [3.8, 4) is 11.5 Å². The number of nitrogens with one attached hydrogen (secondary N) is 1. The van der Waals surface area contributed by atoms with Crippen LogP contribution < -0.4 is 14.8 Å². The number of carbonyl (C=O) groups is 1. The molecule has 0 bridgehead atoms. The SMILES string of the molecule is C[C@H](c1ccc([C@H](CO)NC(=O)c2ccc3c(c2)nc(C(F)F)n3Cc2cccc3c2OC(F)(F)O3)nc1)[SH](=O)=O. The summed E-state index contributed by atoms with van der Waals surface area (Å²) >= 11 is 0. The molecule has 3 heterocycles. The molecule has 2 aromatic heterocycles. The fourth-order valence-electron chi connectivity index (χ4n) is 4.39. The Morgan fingerprint density at radius 2 is 1.93 bits per heavy atom. The number of pyridine rings is 1. The molecule has 2 aromatic carbocycles. The molecule has 0 radical (unpaired) electrons. The van der Waals surface area contributed by atoms with Crippen molar-refractivity contribution in [1.82, 2.24) is 19.9 Å². The highest BCUT2D eigenvalue weighted by Crippen LogP contribution is 2.44. The van der Waals surface area contributed by atoms with Crippen LogP contribution in [0.3, 0.4) is 0 Å². The molecule has 2 atom stereocenters. The number of benzene rings is 2. The number of rotatable bonds is 9. The third-order valence-corrected chi connectivity index (χ3v) is 7.46. The lowest BCUT2D eigenvalue weighted by Gasteiger charge is -2.17. The molecule has 0 saturated heterocycles. The third-order valence-electron chi connectivity index (χ3n) is 6.53. The monoisotopic (exact) mass is 594 g/mol. The van der Waals surface area contributed by atoms with E-state index < -0.39 is 53.1 Å². The number of para-hydroxylation sites is 1. The van der Waals surface area contributed by atoms with Crippen LogP contribution in [-0.4, -0.2) is 46.9 Å². The standard InChI is InChI=1S/C26H22F4N4O6S/c1-13(41(37)38)15-5-7-17(31-10-15)19(12-35)33-25(36)14-6-8-20-18(9-14)32-24(23(27)28)34(20)11-16-3-2-4-21-22(16)40-26(29,30)39-21/h2-10,13,19,23,35,41H,11-12H2,1H3,(H,33,36)/t13-,19+/m1/s1. The van der Waals surface area contributed by atoms with E-state index in [0.717, 1.165) is 4.57 Å². The van der Waals surface area contributed by atoms with Gasteiger partial charge in [0.1, 0.15) is 10.7 Å². The second-order valence-electron chi connectivity index (χ2n) is 9.16. The molecule has 0 saturated carbocycles. The van der Waals surface area contributed by atoms with Crippen molar-refractivity contribution < 1.29 is 45.4 Å². The van der Waals surface area contributed by atoms with Crippen LogP contribution in [0.1, 0.15) is 57.6 Å².